The Morgan fingerprint density at radius 1 is 1.25 bits per heavy atom. The molecule has 0 spiro atoms. The number of rotatable bonds is 3. The van der Waals surface area contributed by atoms with Crippen molar-refractivity contribution in [1.29, 1.82) is 0 Å². The van der Waals surface area contributed by atoms with Crippen LogP contribution in [0.15, 0.2) is 46.3 Å². The van der Waals surface area contributed by atoms with Crippen molar-refractivity contribution in [3.05, 3.63) is 63.9 Å². The second-order valence-corrected chi connectivity index (χ2v) is 5.90. The van der Waals surface area contributed by atoms with E-state index >= 15 is 0 Å². The van der Waals surface area contributed by atoms with E-state index < -0.39 is 0 Å². The highest BCUT2D eigenvalue weighted by molar-refractivity contribution is 7.09. The molecule has 0 fully saturated rings. The number of aromatic nitrogens is 2. The summed E-state index contributed by atoms with van der Waals surface area (Å²) in [5, 5.41) is 9.57. The van der Waals surface area contributed by atoms with Crippen molar-refractivity contribution in [1.82, 2.24) is 10.1 Å². The van der Waals surface area contributed by atoms with E-state index in [1.807, 2.05) is 12.1 Å². The molecule has 1 aliphatic rings. The van der Waals surface area contributed by atoms with Crippen molar-refractivity contribution >= 4 is 17.0 Å². The van der Waals surface area contributed by atoms with Gasteiger partial charge < -0.3 is 9.84 Å². The van der Waals surface area contributed by atoms with Gasteiger partial charge in [0.05, 0.1) is 0 Å². The molecule has 0 radical (unpaired) electrons. The second kappa shape index (κ2) is 4.76. The Balaban J connectivity index is 1.52. The number of benzene rings is 1. The minimum absolute atomic E-state index is 0.0944. The van der Waals surface area contributed by atoms with Crippen molar-refractivity contribution in [2.45, 2.75) is 18.9 Å². The summed E-state index contributed by atoms with van der Waals surface area (Å²) in [4.78, 5) is 5.77. The standard InChI is InChI=1S/C15H13N3OS/c1-2-6-12-10(4-1)8-13(16-12)15-17-14(18-19-15)9-11-5-3-7-20-11/h1-7,13,16H,8-9H2. The summed E-state index contributed by atoms with van der Waals surface area (Å²) in [5.74, 6) is 1.42. The van der Waals surface area contributed by atoms with Crippen LogP contribution in [0.2, 0.25) is 0 Å². The van der Waals surface area contributed by atoms with Gasteiger partial charge in [0.15, 0.2) is 5.82 Å². The third kappa shape index (κ3) is 2.10. The maximum absolute atomic E-state index is 5.41. The van der Waals surface area contributed by atoms with E-state index in [1.165, 1.54) is 10.4 Å². The maximum atomic E-state index is 5.41. The lowest BCUT2D eigenvalue weighted by Gasteiger charge is -2.04. The predicted octanol–water partition coefficient (Wildman–Crippen LogP) is 3.43. The highest BCUT2D eigenvalue weighted by Crippen LogP contribution is 2.33. The lowest BCUT2D eigenvalue weighted by atomic mass is 10.1. The zero-order valence-corrected chi connectivity index (χ0v) is 11.6. The van der Waals surface area contributed by atoms with E-state index in [-0.39, 0.29) is 6.04 Å². The Morgan fingerprint density at radius 3 is 3.05 bits per heavy atom. The Bertz CT molecular complexity index is 695. The summed E-state index contributed by atoms with van der Waals surface area (Å²) in [5.41, 5.74) is 2.46. The molecule has 0 aliphatic carbocycles. The molecule has 1 aromatic carbocycles. The first kappa shape index (κ1) is 11.7. The van der Waals surface area contributed by atoms with Crippen molar-refractivity contribution in [2.24, 2.45) is 0 Å². The van der Waals surface area contributed by atoms with E-state index in [4.69, 9.17) is 4.52 Å². The van der Waals surface area contributed by atoms with Crippen LogP contribution in [0, 0.1) is 0 Å². The number of nitrogens with one attached hydrogen (secondary N) is 1. The normalized spacial score (nSPS) is 16.9. The van der Waals surface area contributed by atoms with Gasteiger partial charge in [-0.05, 0) is 23.1 Å². The third-order valence-corrected chi connectivity index (χ3v) is 4.34. The molecule has 0 bridgehead atoms. The SMILES string of the molecule is c1csc(Cc2noc(C3Cc4ccccc4N3)n2)c1. The number of hydrogen-bond acceptors (Lipinski definition) is 5. The minimum Gasteiger partial charge on any atom is -0.373 e. The molecule has 4 nitrogen and oxygen atoms in total. The van der Waals surface area contributed by atoms with Crippen molar-refractivity contribution < 1.29 is 4.52 Å². The monoisotopic (exact) mass is 283 g/mol. The van der Waals surface area contributed by atoms with Crippen molar-refractivity contribution in [3.8, 4) is 0 Å². The molecule has 1 aliphatic heterocycles. The van der Waals surface area contributed by atoms with Gasteiger partial charge in [0.25, 0.3) is 0 Å². The van der Waals surface area contributed by atoms with Crippen LogP contribution >= 0.6 is 11.3 Å². The van der Waals surface area contributed by atoms with Crippen LogP contribution in [0.4, 0.5) is 5.69 Å². The molecule has 0 saturated carbocycles. The fourth-order valence-electron chi connectivity index (χ4n) is 2.50. The lowest BCUT2D eigenvalue weighted by Crippen LogP contribution is -2.06. The van der Waals surface area contributed by atoms with Gasteiger partial charge in [0, 0.05) is 23.4 Å². The molecule has 100 valence electrons. The molecular weight excluding hydrogens is 270 g/mol. The van der Waals surface area contributed by atoms with Gasteiger partial charge in [0.2, 0.25) is 5.89 Å². The van der Waals surface area contributed by atoms with Gasteiger partial charge in [-0.2, -0.15) is 4.98 Å². The summed E-state index contributed by atoms with van der Waals surface area (Å²) >= 11 is 1.71. The largest absolute Gasteiger partial charge is 0.373 e. The number of para-hydroxylation sites is 1. The highest BCUT2D eigenvalue weighted by Gasteiger charge is 2.26. The van der Waals surface area contributed by atoms with Gasteiger partial charge in [-0.3, -0.25) is 0 Å². The average Bonchev–Trinajstić information content (AvgIpc) is 3.18. The molecule has 3 aromatic rings. The molecule has 1 N–H and O–H groups in total. The molecular formula is C15H13N3OS. The van der Waals surface area contributed by atoms with E-state index in [9.17, 15) is 0 Å². The topological polar surface area (TPSA) is 51.0 Å². The lowest BCUT2D eigenvalue weighted by molar-refractivity contribution is 0.360. The maximum Gasteiger partial charge on any atom is 0.249 e. The first-order chi connectivity index (χ1) is 9.88. The Labute approximate surface area is 120 Å². The van der Waals surface area contributed by atoms with Gasteiger partial charge in [-0.1, -0.05) is 29.4 Å². The average molecular weight is 283 g/mol. The fraction of sp³-hybridized carbons (Fsp3) is 0.200. The highest BCUT2D eigenvalue weighted by atomic mass is 32.1. The van der Waals surface area contributed by atoms with E-state index in [1.54, 1.807) is 11.3 Å². The number of hydrogen-bond donors (Lipinski definition) is 1. The quantitative estimate of drug-likeness (QED) is 0.800. The van der Waals surface area contributed by atoms with Gasteiger partial charge in [-0.15, -0.1) is 11.3 Å². The van der Waals surface area contributed by atoms with Gasteiger partial charge >= 0.3 is 0 Å². The predicted molar refractivity (Wildman–Crippen MR) is 77.9 cm³/mol. The molecule has 0 saturated heterocycles. The third-order valence-electron chi connectivity index (χ3n) is 3.47. The van der Waals surface area contributed by atoms with Gasteiger partial charge in [-0.25, -0.2) is 0 Å². The fourth-order valence-corrected chi connectivity index (χ4v) is 3.20. The molecule has 2 aromatic heterocycles. The number of fused-ring (bicyclic) bond motifs is 1. The Hall–Kier alpha value is -2.14. The molecule has 1 unspecified atom stereocenters. The van der Waals surface area contributed by atoms with E-state index in [0.29, 0.717) is 5.89 Å². The van der Waals surface area contributed by atoms with Crippen molar-refractivity contribution in [3.63, 3.8) is 0 Å². The van der Waals surface area contributed by atoms with Crippen LogP contribution in [0.1, 0.15) is 28.2 Å². The Morgan fingerprint density at radius 2 is 2.20 bits per heavy atom. The van der Waals surface area contributed by atoms with Gasteiger partial charge in [0.1, 0.15) is 6.04 Å². The number of anilines is 1. The second-order valence-electron chi connectivity index (χ2n) is 4.86. The first-order valence-corrected chi connectivity index (χ1v) is 7.46. The molecule has 3 heterocycles. The summed E-state index contributed by atoms with van der Waals surface area (Å²) in [6, 6.07) is 12.5. The zero-order chi connectivity index (χ0) is 13.4. The van der Waals surface area contributed by atoms with E-state index in [0.717, 1.165) is 24.4 Å². The molecule has 4 rings (SSSR count). The summed E-state index contributed by atoms with van der Waals surface area (Å²) in [6.45, 7) is 0. The van der Waals surface area contributed by atoms with Crippen LogP contribution < -0.4 is 5.32 Å². The summed E-state index contributed by atoms with van der Waals surface area (Å²) in [7, 11) is 0. The summed E-state index contributed by atoms with van der Waals surface area (Å²) < 4.78 is 5.41. The van der Waals surface area contributed by atoms with Crippen molar-refractivity contribution in [2.75, 3.05) is 5.32 Å². The zero-order valence-electron chi connectivity index (χ0n) is 10.7. The van der Waals surface area contributed by atoms with Crippen LogP contribution in [0.3, 0.4) is 0 Å². The molecule has 0 amide bonds. The first-order valence-electron chi connectivity index (χ1n) is 6.58. The molecule has 5 heteroatoms. The van der Waals surface area contributed by atoms with Crippen LogP contribution in [-0.4, -0.2) is 10.1 Å². The van der Waals surface area contributed by atoms with Crippen LogP contribution in [0.5, 0.6) is 0 Å². The number of thiophene rings is 1. The number of nitrogens with zero attached hydrogens (tertiary/aromatic N) is 2. The molecule has 20 heavy (non-hydrogen) atoms. The molecule has 1 atom stereocenters. The minimum atomic E-state index is 0.0944. The van der Waals surface area contributed by atoms with Crippen LogP contribution in [-0.2, 0) is 12.8 Å². The smallest absolute Gasteiger partial charge is 0.249 e. The van der Waals surface area contributed by atoms with Crippen LogP contribution in [0.25, 0.3) is 0 Å². The summed E-state index contributed by atoms with van der Waals surface area (Å²) in [6.07, 6.45) is 1.64. The van der Waals surface area contributed by atoms with E-state index in [2.05, 4.69) is 45.1 Å². The Kier molecular flexibility index (Phi) is 2.77.